The lowest BCUT2D eigenvalue weighted by molar-refractivity contribution is -0.121. The molecule has 4 nitrogen and oxygen atoms in total. The number of nitrogens with one attached hydrogen (secondary N) is 2. The van der Waals surface area contributed by atoms with Gasteiger partial charge in [0.2, 0.25) is 5.91 Å². The van der Waals surface area contributed by atoms with Gasteiger partial charge in [-0.3, -0.25) is 9.69 Å². The van der Waals surface area contributed by atoms with Crippen LogP contribution in [0.25, 0.3) is 0 Å². The molecule has 0 saturated carbocycles. The van der Waals surface area contributed by atoms with E-state index in [0.717, 1.165) is 38.3 Å². The highest BCUT2D eigenvalue weighted by atomic mass is 16.2. The van der Waals surface area contributed by atoms with Crippen LogP contribution in [-0.4, -0.2) is 43.0 Å². The van der Waals surface area contributed by atoms with Crippen molar-refractivity contribution in [3.63, 3.8) is 0 Å². The van der Waals surface area contributed by atoms with Gasteiger partial charge in [-0.2, -0.15) is 0 Å². The first-order valence-electron chi connectivity index (χ1n) is 6.18. The smallest absolute Gasteiger partial charge is 0.242 e. The Hall–Kier alpha value is -1.39. The summed E-state index contributed by atoms with van der Waals surface area (Å²) in [4.78, 5) is 14.4. The van der Waals surface area contributed by atoms with Gasteiger partial charge in [0, 0.05) is 31.9 Å². The van der Waals surface area contributed by atoms with Crippen molar-refractivity contribution < 1.29 is 4.79 Å². The van der Waals surface area contributed by atoms with Gasteiger partial charge in [0.05, 0.1) is 6.04 Å². The molecular weight excluding hydrogens is 214 g/mol. The van der Waals surface area contributed by atoms with E-state index in [1.165, 1.54) is 5.56 Å². The van der Waals surface area contributed by atoms with Crippen molar-refractivity contribution >= 4 is 11.6 Å². The largest absolute Gasteiger partial charge is 0.324 e. The minimum Gasteiger partial charge on any atom is -0.324 e. The zero-order valence-electron chi connectivity index (χ0n) is 9.78. The van der Waals surface area contributed by atoms with Crippen LogP contribution in [0, 0.1) is 0 Å². The van der Waals surface area contributed by atoms with Crippen LogP contribution in [0.4, 0.5) is 5.69 Å². The van der Waals surface area contributed by atoms with Gasteiger partial charge >= 0.3 is 0 Å². The summed E-state index contributed by atoms with van der Waals surface area (Å²) in [7, 11) is 0. The second-order valence-electron chi connectivity index (χ2n) is 4.65. The molecule has 3 rings (SSSR count). The van der Waals surface area contributed by atoms with Crippen molar-refractivity contribution in [2.45, 2.75) is 12.5 Å². The Morgan fingerprint density at radius 1 is 1.18 bits per heavy atom. The van der Waals surface area contributed by atoms with Gasteiger partial charge in [0.1, 0.15) is 0 Å². The van der Waals surface area contributed by atoms with Crippen molar-refractivity contribution in [1.29, 1.82) is 0 Å². The number of carbonyl (C=O) groups is 1. The summed E-state index contributed by atoms with van der Waals surface area (Å²) in [6, 6.07) is 8.08. The number of carbonyl (C=O) groups excluding carboxylic acids is 1. The highest BCUT2D eigenvalue weighted by molar-refractivity contribution is 5.98. The number of rotatable bonds is 1. The Morgan fingerprint density at radius 2 is 1.94 bits per heavy atom. The summed E-state index contributed by atoms with van der Waals surface area (Å²) in [5.74, 6) is 0.144. The second-order valence-corrected chi connectivity index (χ2v) is 4.65. The Morgan fingerprint density at radius 3 is 2.76 bits per heavy atom. The molecule has 1 amide bonds. The van der Waals surface area contributed by atoms with E-state index in [1.54, 1.807) is 0 Å². The van der Waals surface area contributed by atoms with E-state index >= 15 is 0 Å². The monoisotopic (exact) mass is 231 g/mol. The SMILES string of the molecule is O=C1Nc2ccccc2C[C@@H]1N1CCNCC1. The molecule has 17 heavy (non-hydrogen) atoms. The van der Waals surface area contributed by atoms with Gasteiger partial charge in [-0.1, -0.05) is 18.2 Å². The molecule has 1 saturated heterocycles. The normalized spacial score (nSPS) is 25.2. The van der Waals surface area contributed by atoms with E-state index in [9.17, 15) is 4.79 Å². The predicted molar refractivity (Wildman–Crippen MR) is 67.0 cm³/mol. The van der Waals surface area contributed by atoms with Crippen molar-refractivity contribution in [3.8, 4) is 0 Å². The molecule has 2 N–H and O–H groups in total. The summed E-state index contributed by atoms with van der Waals surface area (Å²) >= 11 is 0. The molecule has 0 aliphatic carbocycles. The Kier molecular flexibility index (Phi) is 2.82. The number of piperazine rings is 1. The molecule has 0 bridgehead atoms. The highest BCUT2D eigenvalue weighted by Gasteiger charge is 2.31. The molecule has 0 spiro atoms. The fraction of sp³-hybridized carbons (Fsp3) is 0.462. The minimum atomic E-state index is 0.00648. The molecule has 0 radical (unpaired) electrons. The third kappa shape index (κ3) is 2.06. The number of anilines is 1. The number of para-hydroxylation sites is 1. The number of hydrogen-bond donors (Lipinski definition) is 2. The van der Waals surface area contributed by atoms with Gasteiger partial charge in [-0.05, 0) is 18.1 Å². The fourth-order valence-corrected chi connectivity index (χ4v) is 2.63. The minimum absolute atomic E-state index is 0.00648. The molecule has 2 heterocycles. The summed E-state index contributed by atoms with van der Waals surface area (Å²) in [6.45, 7) is 3.87. The molecule has 2 aliphatic heterocycles. The van der Waals surface area contributed by atoms with Crippen molar-refractivity contribution in [2.75, 3.05) is 31.5 Å². The maximum atomic E-state index is 12.1. The average Bonchev–Trinajstić information content (AvgIpc) is 2.39. The van der Waals surface area contributed by atoms with E-state index in [4.69, 9.17) is 0 Å². The predicted octanol–water partition coefficient (Wildman–Crippen LogP) is 0.455. The quantitative estimate of drug-likeness (QED) is 0.738. The first kappa shape index (κ1) is 10.7. The molecule has 0 aromatic heterocycles. The first-order chi connectivity index (χ1) is 8.34. The van der Waals surface area contributed by atoms with Crippen LogP contribution in [-0.2, 0) is 11.2 Å². The lowest BCUT2D eigenvalue weighted by atomic mass is 9.97. The molecule has 90 valence electrons. The van der Waals surface area contributed by atoms with Crippen molar-refractivity contribution in [1.82, 2.24) is 10.2 Å². The third-order valence-electron chi connectivity index (χ3n) is 3.58. The Balaban J connectivity index is 1.81. The number of nitrogens with zero attached hydrogens (tertiary/aromatic N) is 1. The lowest BCUT2D eigenvalue weighted by Crippen LogP contribution is -2.54. The molecule has 0 unspecified atom stereocenters. The topological polar surface area (TPSA) is 44.4 Å². The lowest BCUT2D eigenvalue weighted by Gasteiger charge is -2.36. The zero-order chi connectivity index (χ0) is 11.7. The number of amides is 1. The number of fused-ring (bicyclic) bond motifs is 1. The van der Waals surface area contributed by atoms with Crippen LogP contribution in [0.5, 0.6) is 0 Å². The van der Waals surface area contributed by atoms with E-state index in [0.29, 0.717) is 0 Å². The average molecular weight is 231 g/mol. The number of hydrogen-bond acceptors (Lipinski definition) is 3. The fourth-order valence-electron chi connectivity index (χ4n) is 2.63. The maximum absolute atomic E-state index is 12.1. The van der Waals surface area contributed by atoms with Crippen LogP contribution in [0.3, 0.4) is 0 Å². The van der Waals surface area contributed by atoms with Crippen LogP contribution in [0.2, 0.25) is 0 Å². The standard InChI is InChI=1S/C13H17N3O/c17-13-12(16-7-5-14-6-8-16)9-10-3-1-2-4-11(10)15-13/h1-4,12,14H,5-9H2,(H,15,17)/t12-/m0/s1. The van der Waals surface area contributed by atoms with Gasteiger partial charge in [-0.15, -0.1) is 0 Å². The summed E-state index contributed by atoms with van der Waals surface area (Å²) in [6.07, 6.45) is 0.835. The van der Waals surface area contributed by atoms with E-state index < -0.39 is 0 Å². The summed E-state index contributed by atoms with van der Waals surface area (Å²) < 4.78 is 0. The van der Waals surface area contributed by atoms with Crippen LogP contribution in [0.15, 0.2) is 24.3 Å². The van der Waals surface area contributed by atoms with Gasteiger partial charge in [0.15, 0.2) is 0 Å². The molecule has 1 atom stereocenters. The third-order valence-corrected chi connectivity index (χ3v) is 3.58. The molecular formula is C13H17N3O. The van der Waals surface area contributed by atoms with Crippen LogP contribution >= 0.6 is 0 Å². The Labute approximate surface area is 101 Å². The molecule has 1 aromatic carbocycles. The molecule has 1 aromatic rings. The highest BCUT2D eigenvalue weighted by Crippen LogP contribution is 2.24. The van der Waals surface area contributed by atoms with E-state index in [2.05, 4.69) is 21.6 Å². The van der Waals surface area contributed by atoms with Gasteiger partial charge in [-0.25, -0.2) is 0 Å². The zero-order valence-corrected chi connectivity index (χ0v) is 9.78. The van der Waals surface area contributed by atoms with E-state index in [-0.39, 0.29) is 11.9 Å². The van der Waals surface area contributed by atoms with Gasteiger partial charge in [0.25, 0.3) is 0 Å². The van der Waals surface area contributed by atoms with Crippen molar-refractivity contribution in [3.05, 3.63) is 29.8 Å². The Bertz CT molecular complexity index is 426. The maximum Gasteiger partial charge on any atom is 0.242 e. The first-order valence-corrected chi connectivity index (χ1v) is 6.18. The van der Waals surface area contributed by atoms with E-state index in [1.807, 2.05) is 18.2 Å². The van der Waals surface area contributed by atoms with Crippen LogP contribution in [0.1, 0.15) is 5.56 Å². The van der Waals surface area contributed by atoms with Crippen LogP contribution < -0.4 is 10.6 Å². The molecule has 4 heteroatoms. The second kappa shape index (κ2) is 4.47. The molecule has 2 aliphatic rings. The van der Waals surface area contributed by atoms with Gasteiger partial charge < -0.3 is 10.6 Å². The summed E-state index contributed by atoms with van der Waals surface area (Å²) in [5, 5.41) is 6.32. The molecule has 1 fully saturated rings. The number of benzene rings is 1. The summed E-state index contributed by atoms with van der Waals surface area (Å²) in [5.41, 5.74) is 2.22. The van der Waals surface area contributed by atoms with Crippen molar-refractivity contribution in [2.24, 2.45) is 0 Å².